The molecule has 0 radical (unpaired) electrons. The molecule has 2 amide bonds. The summed E-state index contributed by atoms with van der Waals surface area (Å²) in [7, 11) is 3.38. The molecule has 1 aliphatic rings. The Labute approximate surface area is 243 Å². The monoisotopic (exact) mass is 581 g/mol. The number of hydrogen-bond donors (Lipinski definition) is 4. The van der Waals surface area contributed by atoms with Crippen molar-refractivity contribution in [2.24, 2.45) is 18.0 Å². The number of nitrogens with zero attached hydrogens (tertiary/aromatic N) is 4. The van der Waals surface area contributed by atoms with Crippen molar-refractivity contribution in [2.45, 2.75) is 31.9 Å². The smallest absolute Gasteiger partial charge is 0.319 e. The first-order valence-electron chi connectivity index (χ1n) is 13.8. The van der Waals surface area contributed by atoms with Gasteiger partial charge in [-0.2, -0.15) is 18.9 Å². The normalized spacial score (nSPS) is 18.7. The largest absolute Gasteiger partial charge is 0.386 e. The standard InChI is InChI=1S/C30H37F2N7O3/c1-18-23(20-8-6-5-7-9-20)15-34-28(22-14-35-39(3)17-22)19(2)27(18)38-30(41)36-24(16-33-10-11-42-4)29(40)21-12-25(31)37-26(32)13-21/h5-9,12-14,17-18,23-24,29,33,40H,10-11,15-16H2,1-4H3,(H2,36,38,41)/t18?,23?,24-,29+/m1/s1. The van der Waals surface area contributed by atoms with E-state index in [1.54, 1.807) is 18.0 Å². The third-order valence-corrected chi connectivity index (χ3v) is 7.39. The number of carbonyl (C=O) groups is 1. The molecule has 0 saturated heterocycles. The molecule has 2 aromatic heterocycles. The van der Waals surface area contributed by atoms with Gasteiger partial charge in [-0.05, 0) is 35.8 Å². The van der Waals surface area contributed by atoms with E-state index in [0.717, 1.165) is 34.5 Å². The summed E-state index contributed by atoms with van der Waals surface area (Å²) in [5.41, 5.74) is 4.05. The number of aliphatic hydroxyl groups excluding tert-OH is 1. The second-order valence-corrected chi connectivity index (χ2v) is 10.3. The predicted octanol–water partition coefficient (Wildman–Crippen LogP) is 3.23. The summed E-state index contributed by atoms with van der Waals surface area (Å²) in [5, 5.41) is 24.3. The molecule has 224 valence electrons. The Morgan fingerprint density at radius 2 is 1.93 bits per heavy atom. The summed E-state index contributed by atoms with van der Waals surface area (Å²) in [4.78, 5) is 21.6. The molecule has 1 aromatic carbocycles. The fraction of sp³-hybridized carbons (Fsp3) is 0.400. The van der Waals surface area contributed by atoms with Crippen molar-refractivity contribution in [3.63, 3.8) is 0 Å². The van der Waals surface area contributed by atoms with Crippen LogP contribution in [0.4, 0.5) is 13.6 Å². The lowest BCUT2D eigenvalue weighted by Crippen LogP contribution is -2.50. The van der Waals surface area contributed by atoms with Crippen LogP contribution in [0.5, 0.6) is 0 Å². The van der Waals surface area contributed by atoms with E-state index in [-0.39, 0.29) is 23.9 Å². The number of nitrogens with one attached hydrogen (secondary N) is 3. The van der Waals surface area contributed by atoms with Gasteiger partial charge in [0.1, 0.15) is 6.10 Å². The van der Waals surface area contributed by atoms with Crippen molar-refractivity contribution in [1.82, 2.24) is 30.7 Å². The minimum atomic E-state index is -1.43. The summed E-state index contributed by atoms with van der Waals surface area (Å²) < 4.78 is 34.4. The number of aliphatic imine (C=N–C) groups is 1. The number of pyridine rings is 1. The number of urea groups is 1. The first kappa shape index (κ1) is 30.9. The first-order valence-corrected chi connectivity index (χ1v) is 13.8. The first-order chi connectivity index (χ1) is 20.2. The zero-order valence-electron chi connectivity index (χ0n) is 24.1. The van der Waals surface area contributed by atoms with Gasteiger partial charge in [0.15, 0.2) is 0 Å². The molecule has 42 heavy (non-hydrogen) atoms. The van der Waals surface area contributed by atoms with Crippen molar-refractivity contribution < 1.29 is 23.4 Å². The summed E-state index contributed by atoms with van der Waals surface area (Å²) in [6.45, 7) is 5.39. The maximum Gasteiger partial charge on any atom is 0.319 e. The van der Waals surface area contributed by atoms with E-state index >= 15 is 0 Å². The molecule has 4 atom stereocenters. The molecule has 0 bridgehead atoms. The van der Waals surface area contributed by atoms with Gasteiger partial charge < -0.3 is 25.8 Å². The average molecular weight is 582 g/mol. The molecule has 0 fully saturated rings. The minimum Gasteiger partial charge on any atom is -0.386 e. The van der Waals surface area contributed by atoms with Crippen molar-refractivity contribution in [3.8, 4) is 0 Å². The number of halogens is 2. The number of ether oxygens (including phenoxy) is 1. The second kappa shape index (κ2) is 14.3. The van der Waals surface area contributed by atoms with Crippen molar-refractivity contribution >= 4 is 11.7 Å². The highest BCUT2D eigenvalue weighted by Crippen LogP contribution is 2.34. The van der Waals surface area contributed by atoms with Gasteiger partial charge in [-0.25, -0.2) is 4.79 Å². The Hall–Kier alpha value is -4.00. The molecule has 0 spiro atoms. The third kappa shape index (κ3) is 7.64. The van der Waals surface area contributed by atoms with E-state index < -0.39 is 30.1 Å². The average Bonchev–Trinajstić information content (AvgIpc) is 3.35. The zero-order chi connectivity index (χ0) is 30.2. The molecular weight excluding hydrogens is 544 g/mol. The summed E-state index contributed by atoms with van der Waals surface area (Å²) in [5.74, 6) is -2.29. The Bertz CT molecular complexity index is 1410. The Balaban J connectivity index is 1.62. The SMILES string of the molecule is COCCNC[C@@H](NC(=O)NC1=C(C)C(c2cnn(C)c2)=NCC(c2ccccc2)C1C)[C@@H](O)c1cc(F)nc(F)c1. The fourth-order valence-corrected chi connectivity index (χ4v) is 5.18. The molecule has 10 nitrogen and oxygen atoms in total. The number of aromatic nitrogens is 3. The summed E-state index contributed by atoms with van der Waals surface area (Å²) in [6, 6.07) is 10.4. The number of amides is 2. The van der Waals surface area contributed by atoms with Gasteiger partial charge in [0.25, 0.3) is 0 Å². The molecule has 3 aromatic rings. The molecule has 4 N–H and O–H groups in total. The van der Waals surface area contributed by atoms with Crippen LogP contribution in [-0.4, -0.2) is 71.0 Å². The van der Waals surface area contributed by atoms with Gasteiger partial charge in [0.05, 0.1) is 24.6 Å². The van der Waals surface area contributed by atoms with Crippen LogP contribution in [0.3, 0.4) is 0 Å². The van der Waals surface area contributed by atoms with E-state index in [4.69, 9.17) is 9.73 Å². The minimum absolute atomic E-state index is 0.0227. The van der Waals surface area contributed by atoms with E-state index in [1.165, 1.54) is 0 Å². The number of rotatable bonds is 11. The van der Waals surface area contributed by atoms with Crippen LogP contribution < -0.4 is 16.0 Å². The van der Waals surface area contributed by atoms with Crippen molar-refractivity contribution in [2.75, 3.05) is 33.4 Å². The molecule has 3 heterocycles. The molecule has 4 rings (SSSR count). The maximum absolute atomic E-state index is 13.8. The number of hydrogen-bond acceptors (Lipinski definition) is 7. The van der Waals surface area contributed by atoms with Gasteiger partial charge >= 0.3 is 6.03 Å². The number of aryl methyl sites for hydroxylation is 1. The number of benzene rings is 1. The van der Waals surface area contributed by atoms with Crippen LogP contribution in [-0.2, 0) is 11.8 Å². The topological polar surface area (TPSA) is 126 Å². The van der Waals surface area contributed by atoms with Crippen LogP contribution >= 0.6 is 0 Å². The summed E-state index contributed by atoms with van der Waals surface area (Å²) >= 11 is 0. The highest BCUT2D eigenvalue weighted by Gasteiger charge is 2.31. The summed E-state index contributed by atoms with van der Waals surface area (Å²) in [6.07, 6.45) is 2.18. The van der Waals surface area contributed by atoms with E-state index in [9.17, 15) is 18.7 Å². The van der Waals surface area contributed by atoms with Crippen molar-refractivity contribution in [3.05, 3.63) is 94.7 Å². The van der Waals surface area contributed by atoms with Crippen LogP contribution in [0.15, 0.2) is 71.1 Å². The maximum atomic E-state index is 13.8. The fourth-order valence-electron chi connectivity index (χ4n) is 5.18. The number of aliphatic hydroxyl groups is 1. The van der Waals surface area contributed by atoms with Gasteiger partial charge in [0.2, 0.25) is 11.9 Å². The molecule has 0 saturated carbocycles. The zero-order valence-corrected chi connectivity index (χ0v) is 24.1. The van der Waals surface area contributed by atoms with Crippen LogP contribution in [0.1, 0.15) is 42.6 Å². The quantitative estimate of drug-likeness (QED) is 0.204. The van der Waals surface area contributed by atoms with Crippen LogP contribution in [0, 0.1) is 17.8 Å². The van der Waals surface area contributed by atoms with Crippen LogP contribution in [0.2, 0.25) is 0 Å². The number of methoxy groups -OCH3 is 1. The van der Waals surface area contributed by atoms with Gasteiger partial charge in [0, 0.05) is 63.1 Å². The molecule has 1 aliphatic heterocycles. The Morgan fingerprint density at radius 1 is 1.21 bits per heavy atom. The van der Waals surface area contributed by atoms with Crippen molar-refractivity contribution in [1.29, 1.82) is 0 Å². The Morgan fingerprint density at radius 3 is 2.57 bits per heavy atom. The van der Waals surface area contributed by atoms with E-state index in [0.29, 0.717) is 25.4 Å². The van der Waals surface area contributed by atoms with E-state index in [2.05, 4.69) is 26.0 Å². The lowest BCUT2D eigenvalue weighted by Gasteiger charge is -2.28. The second-order valence-electron chi connectivity index (χ2n) is 10.3. The van der Waals surface area contributed by atoms with Crippen LogP contribution in [0.25, 0.3) is 0 Å². The molecule has 2 unspecified atom stereocenters. The number of allylic oxidation sites excluding steroid dienone is 2. The lowest BCUT2D eigenvalue weighted by molar-refractivity contribution is 0.126. The molecular formula is C30H37F2N7O3. The highest BCUT2D eigenvalue weighted by molar-refractivity contribution is 6.13. The lowest BCUT2D eigenvalue weighted by atomic mass is 9.84. The van der Waals surface area contributed by atoms with Gasteiger partial charge in [-0.15, -0.1) is 0 Å². The predicted molar refractivity (Wildman–Crippen MR) is 155 cm³/mol. The van der Waals surface area contributed by atoms with E-state index in [1.807, 2.05) is 57.4 Å². The molecule has 0 aliphatic carbocycles. The number of carbonyl (C=O) groups excluding carboxylic acids is 1. The molecule has 12 heteroatoms. The van der Waals surface area contributed by atoms with Gasteiger partial charge in [-0.3, -0.25) is 9.67 Å². The Kier molecular flexibility index (Phi) is 10.5. The highest BCUT2D eigenvalue weighted by atomic mass is 19.1. The third-order valence-electron chi connectivity index (χ3n) is 7.39. The van der Waals surface area contributed by atoms with Gasteiger partial charge in [-0.1, -0.05) is 37.3 Å².